The van der Waals surface area contributed by atoms with Crippen molar-refractivity contribution in [3.8, 4) is 11.5 Å². The molecule has 0 saturated heterocycles. The van der Waals surface area contributed by atoms with Crippen molar-refractivity contribution in [3.63, 3.8) is 0 Å². The van der Waals surface area contributed by atoms with Crippen LogP contribution in [0.15, 0.2) is 77.0 Å². The van der Waals surface area contributed by atoms with Gasteiger partial charge in [0.25, 0.3) is 0 Å². The number of fused-ring (bicyclic) bond motifs is 2. The molecule has 0 bridgehead atoms. The summed E-state index contributed by atoms with van der Waals surface area (Å²) in [5, 5.41) is 4.12. The molecule has 2 aliphatic heterocycles. The number of nitrogens with one attached hydrogen (secondary N) is 1. The number of nitrogens with zero attached hydrogens (tertiary/aromatic N) is 1. The second-order valence-electron chi connectivity index (χ2n) is 8.10. The summed E-state index contributed by atoms with van der Waals surface area (Å²) < 4.78 is 39.1. The number of carbonyl (C=O) groups is 1. The Morgan fingerprint density at radius 1 is 1.15 bits per heavy atom. The van der Waals surface area contributed by atoms with Crippen LogP contribution in [-0.2, 0) is 0 Å². The van der Waals surface area contributed by atoms with Gasteiger partial charge in [0, 0.05) is 34.8 Å². The van der Waals surface area contributed by atoms with Crippen molar-refractivity contribution in [2.75, 3.05) is 13.7 Å². The monoisotopic (exact) mass is 470 g/mol. The molecule has 0 spiro atoms. The molecule has 3 atom stereocenters. The summed E-state index contributed by atoms with van der Waals surface area (Å²) in [6.45, 7) is 0.328. The summed E-state index contributed by atoms with van der Waals surface area (Å²) >= 11 is 6.25. The number of hydrogen-bond donors (Lipinski definition) is 1. The maximum atomic E-state index is 15.2. The molecule has 170 valence electrons. The molecule has 1 N–H and O–H groups in total. The van der Waals surface area contributed by atoms with E-state index in [0.29, 0.717) is 29.3 Å². The van der Waals surface area contributed by atoms with Crippen LogP contribution in [0.2, 0.25) is 0 Å². The van der Waals surface area contributed by atoms with Gasteiger partial charge in [-0.25, -0.2) is 13.6 Å². The zero-order chi connectivity index (χ0) is 23.1. The fourth-order valence-electron chi connectivity index (χ4n) is 4.67. The van der Waals surface area contributed by atoms with Crippen LogP contribution in [0.25, 0.3) is 0 Å². The van der Waals surface area contributed by atoms with Gasteiger partial charge in [-0.2, -0.15) is 0 Å². The smallest absolute Gasteiger partial charge is 0.416 e. The third kappa shape index (κ3) is 3.97. The van der Waals surface area contributed by atoms with Gasteiger partial charge < -0.3 is 14.8 Å². The fourth-order valence-corrected chi connectivity index (χ4v) is 4.88. The van der Waals surface area contributed by atoms with Gasteiger partial charge in [0.2, 0.25) is 0 Å². The molecule has 0 saturated carbocycles. The first-order chi connectivity index (χ1) is 15.9. The SMILES string of the molecule is COc1ccc(C2C3=C(CCN2C(=O)Oc2ccc(F)cc2)C2C=C(Cl)C=CC2N3)c(F)c1. The summed E-state index contributed by atoms with van der Waals surface area (Å²) in [5.74, 6) is -0.295. The zero-order valence-corrected chi connectivity index (χ0v) is 18.5. The molecule has 3 unspecified atom stereocenters. The molecule has 3 aliphatic rings. The van der Waals surface area contributed by atoms with Crippen LogP contribution in [0.4, 0.5) is 13.6 Å². The quantitative estimate of drug-likeness (QED) is 0.647. The number of allylic oxidation sites excluding steroid dienone is 2. The molecular formula is C25H21ClF2N2O3. The van der Waals surface area contributed by atoms with Crippen LogP contribution in [0.5, 0.6) is 11.5 Å². The number of hydrogen-bond acceptors (Lipinski definition) is 4. The normalized spacial score (nSPS) is 23.5. The van der Waals surface area contributed by atoms with Gasteiger partial charge in [-0.1, -0.05) is 23.8 Å². The van der Waals surface area contributed by atoms with Crippen LogP contribution in [0.1, 0.15) is 18.0 Å². The fraction of sp³-hybridized carbons (Fsp3) is 0.240. The average molecular weight is 471 g/mol. The second-order valence-corrected chi connectivity index (χ2v) is 8.54. The van der Waals surface area contributed by atoms with Crippen molar-refractivity contribution >= 4 is 17.7 Å². The van der Waals surface area contributed by atoms with Crippen molar-refractivity contribution in [1.29, 1.82) is 0 Å². The van der Waals surface area contributed by atoms with Crippen LogP contribution in [-0.4, -0.2) is 30.7 Å². The maximum absolute atomic E-state index is 15.2. The van der Waals surface area contributed by atoms with Crippen molar-refractivity contribution in [1.82, 2.24) is 10.2 Å². The molecule has 33 heavy (non-hydrogen) atoms. The van der Waals surface area contributed by atoms with E-state index < -0.39 is 23.8 Å². The first-order valence-electron chi connectivity index (χ1n) is 10.6. The van der Waals surface area contributed by atoms with Crippen molar-refractivity contribution in [2.24, 2.45) is 5.92 Å². The third-order valence-corrected chi connectivity index (χ3v) is 6.47. The largest absolute Gasteiger partial charge is 0.497 e. The number of rotatable bonds is 3. The molecule has 2 aromatic rings. The standard InChI is InChI=1S/C25H21ClF2N2O3/c1-32-17-7-8-19(21(28)13-17)24-23-18(20-12-14(26)2-9-22(20)29-23)10-11-30(24)25(31)33-16-5-3-15(27)4-6-16/h2-9,12-13,20,22,24,29H,10-11H2,1H3. The summed E-state index contributed by atoms with van der Waals surface area (Å²) in [5.41, 5.74) is 2.18. The van der Waals surface area contributed by atoms with Crippen LogP contribution in [0.3, 0.4) is 0 Å². The summed E-state index contributed by atoms with van der Waals surface area (Å²) in [6, 6.07) is 9.03. The Bertz CT molecular complexity index is 1190. The Morgan fingerprint density at radius 2 is 1.91 bits per heavy atom. The highest BCUT2D eigenvalue weighted by atomic mass is 35.5. The van der Waals surface area contributed by atoms with Crippen molar-refractivity contribution < 1.29 is 23.0 Å². The number of ether oxygens (including phenoxy) is 2. The molecule has 1 amide bonds. The van der Waals surface area contributed by atoms with Crippen LogP contribution < -0.4 is 14.8 Å². The predicted molar refractivity (Wildman–Crippen MR) is 120 cm³/mol. The lowest BCUT2D eigenvalue weighted by molar-refractivity contribution is 0.133. The van der Waals surface area contributed by atoms with E-state index in [9.17, 15) is 9.18 Å². The van der Waals surface area contributed by atoms with E-state index in [1.807, 2.05) is 18.2 Å². The molecule has 0 fully saturated rings. The van der Waals surface area contributed by atoms with Crippen LogP contribution in [0, 0.1) is 17.6 Å². The van der Waals surface area contributed by atoms with Crippen molar-refractivity contribution in [2.45, 2.75) is 18.5 Å². The van der Waals surface area contributed by atoms with Gasteiger partial charge in [0.1, 0.15) is 29.2 Å². The maximum Gasteiger partial charge on any atom is 0.416 e. The highest BCUT2D eigenvalue weighted by molar-refractivity contribution is 6.31. The Kier molecular flexibility index (Phi) is 5.58. The molecule has 2 heterocycles. The van der Waals surface area contributed by atoms with E-state index in [1.54, 1.807) is 12.1 Å². The Morgan fingerprint density at radius 3 is 2.64 bits per heavy atom. The highest BCUT2D eigenvalue weighted by Crippen LogP contribution is 2.45. The summed E-state index contributed by atoms with van der Waals surface area (Å²) in [7, 11) is 1.47. The number of halogens is 3. The van der Waals surface area contributed by atoms with Gasteiger partial charge >= 0.3 is 6.09 Å². The Balaban J connectivity index is 1.54. The highest BCUT2D eigenvalue weighted by Gasteiger charge is 2.44. The van der Waals surface area contributed by atoms with E-state index in [1.165, 1.54) is 42.3 Å². The average Bonchev–Trinajstić information content (AvgIpc) is 3.18. The minimum atomic E-state index is -0.723. The Labute approximate surface area is 194 Å². The van der Waals surface area contributed by atoms with E-state index in [0.717, 1.165) is 11.3 Å². The van der Waals surface area contributed by atoms with Gasteiger partial charge in [-0.3, -0.25) is 4.90 Å². The topological polar surface area (TPSA) is 50.8 Å². The summed E-state index contributed by atoms with van der Waals surface area (Å²) in [6.07, 6.45) is 5.74. The van der Waals surface area contributed by atoms with Crippen LogP contribution >= 0.6 is 11.6 Å². The van der Waals surface area contributed by atoms with Gasteiger partial charge in [-0.05, 0) is 54.5 Å². The number of carbonyl (C=O) groups excluding carboxylic acids is 1. The molecule has 0 aromatic heterocycles. The minimum absolute atomic E-state index is 0.0191. The lowest BCUT2D eigenvalue weighted by Crippen LogP contribution is -2.43. The van der Waals surface area contributed by atoms with E-state index in [-0.39, 0.29) is 17.7 Å². The minimum Gasteiger partial charge on any atom is -0.497 e. The van der Waals surface area contributed by atoms with Gasteiger partial charge in [0.15, 0.2) is 0 Å². The molecule has 8 heteroatoms. The predicted octanol–water partition coefficient (Wildman–Crippen LogP) is 5.45. The first kappa shape index (κ1) is 21.5. The first-order valence-corrected chi connectivity index (χ1v) is 10.9. The third-order valence-electron chi connectivity index (χ3n) is 6.22. The van der Waals surface area contributed by atoms with Gasteiger partial charge in [-0.15, -0.1) is 0 Å². The van der Waals surface area contributed by atoms with E-state index >= 15 is 4.39 Å². The Hall–Kier alpha value is -3.32. The number of benzene rings is 2. The lowest BCUT2D eigenvalue weighted by atomic mass is 9.85. The van der Waals surface area contributed by atoms with Crippen molar-refractivity contribution in [3.05, 3.63) is 94.2 Å². The molecule has 2 aromatic carbocycles. The molecular weight excluding hydrogens is 450 g/mol. The lowest BCUT2D eigenvalue weighted by Gasteiger charge is -2.37. The summed E-state index contributed by atoms with van der Waals surface area (Å²) in [4.78, 5) is 14.7. The molecule has 5 nitrogen and oxygen atoms in total. The molecule has 1 aliphatic carbocycles. The van der Waals surface area contributed by atoms with E-state index in [4.69, 9.17) is 21.1 Å². The van der Waals surface area contributed by atoms with E-state index in [2.05, 4.69) is 5.32 Å². The molecule has 0 radical (unpaired) electrons. The van der Waals surface area contributed by atoms with Gasteiger partial charge in [0.05, 0.1) is 13.2 Å². The zero-order valence-electron chi connectivity index (χ0n) is 17.7. The second kappa shape index (κ2) is 8.56. The molecule has 5 rings (SSSR count). The number of methoxy groups -OCH3 is 1. The number of amides is 1.